The minimum atomic E-state index is -0.126. The van der Waals surface area contributed by atoms with Crippen LogP contribution in [0.25, 0.3) is 11.6 Å². The van der Waals surface area contributed by atoms with Gasteiger partial charge in [0.1, 0.15) is 17.3 Å². The number of furan rings is 1. The molecule has 6 heteroatoms. The third-order valence-corrected chi connectivity index (χ3v) is 5.22. The molecule has 2 aromatic rings. The summed E-state index contributed by atoms with van der Waals surface area (Å²) in [5.41, 5.74) is 1.62. The molecule has 0 atom stereocenters. The molecule has 0 N–H and O–H groups in total. The van der Waals surface area contributed by atoms with Gasteiger partial charge in [0.25, 0.3) is 5.91 Å². The number of rotatable bonds is 5. The minimum absolute atomic E-state index is 0.126. The maximum absolute atomic E-state index is 12.6. The van der Waals surface area contributed by atoms with Gasteiger partial charge in [-0.25, -0.2) is 4.99 Å². The molecule has 0 unspecified atom stereocenters. The molecule has 1 amide bonds. The molecular weight excluding hydrogens is 384 g/mol. The number of ether oxygens (including phenoxy) is 1. The van der Waals surface area contributed by atoms with E-state index in [1.165, 1.54) is 16.7 Å². The van der Waals surface area contributed by atoms with Gasteiger partial charge in [0.2, 0.25) is 0 Å². The van der Waals surface area contributed by atoms with Crippen LogP contribution in [0.2, 0.25) is 0 Å². The molecule has 3 rings (SSSR count). The zero-order valence-electron chi connectivity index (χ0n) is 16.4. The molecule has 0 aliphatic carbocycles. The third-order valence-electron chi connectivity index (χ3n) is 4.16. The Bertz CT molecular complexity index is 1070. The van der Waals surface area contributed by atoms with Crippen molar-refractivity contribution in [3.8, 4) is 18.1 Å². The smallest absolute Gasteiger partial charge is 0.266 e. The van der Waals surface area contributed by atoms with Crippen LogP contribution in [0.4, 0.5) is 5.69 Å². The minimum Gasteiger partial charge on any atom is -0.497 e. The van der Waals surface area contributed by atoms with Gasteiger partial charge in [0.15, 0.2) is 5.17 Å². The first-order valence-electron chi connectivity index (χ1n) is 8.85. The van der Waals surface area contributed by atoms with Crippen LogP contribution < -0.4 is 4.74 Å². The molecule has 1 aromatic heterocycles. The van der Waals surface area contributed by atoms with Crippen LogP contribution in [0, 0.1) is 12.3 Å². The van der Waals surface area contributed by atoms with Crippen LogP contribution in [0.15, 0.2) is 68.9 Å². The van der Waals surface area contributed by atoms with Gasteiger partial charge < -0.3 is 9.15 Å². The number of nitrogens with zero attached hydrogens (tertiary/aromatic N) is 2. The molecule has 1 aromatic carbocycles. The van der Waals surface area contributed by atoms with Crippen molar-refractivity contribution in [2.75, 3.05) is 14.2 Å². The number of allylic oxidation sites excluding steroid dienone is 4. The SMILES string of the molecule is C#CC=CC(=CC)c1ccc(C=C2SC(=Nc3ccc(OC)cc3)N(C)C2=O)o1. The van der Waals surface area contributed by atoms with E-state index >= 15 is 0 Å². The summed E-state index contributed by atoms with van der Waals surface area (Å²) in [4.78, 5) is 19.2. The van der Waals surface area contributed by atoms with E-state index in [1.54, 1.807) is 32.4 Å². The van der Waals surface area contributed by atoms with Crippen molar-refractivity contribution in [2.24, 2.45) is 4.99 Å². The number of likely N-dealkylation sites (N-methyl/N-ethyl adjacent to an activating group) is 1. The highest BCUT2D eigenvalue weighted by molar-refractivity contribution is 8.18. The molecule has 0 radical (unpaired) electrons. The van der Waals surface area contributed by atoms with Crippen LogP contribution in [0.3, 0.4) is 0 Å². The lowest BCUT2D eigenvalue weighted by Crippen LogP contribution is -2.23. The fourth-order valence-corrected chi connectivity index (χ4v) is 3.56. The number of benzene rings is 1. The van der Waals surface area contributed by atoms with Crippen molar-refractivity contribution in [1.29, 1.82) is 0 Å². The summed E-state index contributed by atoms with van der Waals surface area (Å²) in [5.74, 6) is 4.36. The van der Waals surface area contributed by atoms with Crippen molar-refractivity contribution in [3.05, 3.63) is 71.1 Å². The summed E-state index contributed by atoms with van der Waals surface area (Å²) >= 11 is 1.30. The highest BCUT2D eigenvalue weighted by Crippen LogP contribution is 2.34. The Balaban J connectivity index is 1.82. The van der Waals surface area contributed by atoms with E-state index in [0.717, 1.165) is 17.0 Å². The van der Waals surface area contributed by atoms with Crippen molar-refractivity contribution in [1.82, 2.24) is 4.90 Å². The Morgan fingerprint density at radius 2 is 2.03 bits per heavy atom. The molecule has 0 saturated carbocycles. The van der Waals surface area contributed by atoms with Crippen LogP contribution in [0.1, 0.15) is 18.4 Å². The van der Waals surface area contributed by atoms with Crippen molar-refractivity contribution in [3.63, 3.8) is 0 Å². The fraction of sp³-hybridized carbons (Fsp3) is 0.130. The Labute approximate surface area is 174 Å². The molecule has 29 heavy (non-hydrogen) atoms. The van der Waals surface area contributed by atoms with Gasteiger partial charge >= 0.3 is 0 Å². The number of aliphatic imine (C=N–C) groups is 1. The first-order valence-corrected chi connectivity index (χ1v) is 9.67. The quantitative estimate of drug-likeness (QED) is 0.395. The second-order valence-electron chi connectivity index (χ2n) is 6.01. The van der Waals surface area contributed by atoms with Crippen molar-refractivity contribution < 1.29 is 13.9 Å². The van der Waals surface area contributed by atoms with E-state index in [-0.39, 0.29) is 5.91 Å². The first kappa shape index (κ1) is 20.3. The molecule has 1 saturated heterocycles. The van der Waals surface area contributed by atoms with Crippen molar-refractivity contribution in [2.45, 2.75) is 6.92 Å². The number of hydrogen-bond donors (Lipinski definition) is 0. The number of methoxy groups -OCH3 is 1. The number of carbonyl (C=O) groups is 1. The molecule has 1 aliphatic rings. The Morgan fingerprint density at radius 3 is 2.69 bits per heavy atom. The summed E-state index contributed by atoms with van der Waals surface area (Å²) in [5, 5.41) is 0.601. The molecule has 5 nitrogen and oxygen atoms in total. The van der Waals surface area contributed by atoms with E-state index in [0.29, 0.717) is 21.6 Å². The second kappa shape index (κ2) is 9.18. The van der Waals surface area contributed by atoms with E-state index in [4.69, 9.17) is 15.6 Å². The molecule has 1 fully saturated rings. The summed E-state index contributed by atoms with van der Waals surface area (Å²) < 4.78 is 11.0. The van der Waals surface area contributed by atoms with Gasteiger partial charge in [-0.3, -0.25) is 9.69 Å². The third kappa shape index (κ3) is 4.71. The number of amides is 1. The molecule has 2 heterocycles. The number of carbonyl (C=O) groups excluding carboxylic acids is 1. The van der Waals surface area contributed by atoms with Crippen LogP contribution in [-0.4, -0.2) is 30.1 Å². The highest BCUT2D eigenvalue weighted by atomic mass is 32.2. The topological polar surface area (TPSA) is 55.0 Å². The maximum atomic E-state index is 12.6. The predicted octanol–water partition coefficient (Wildman–Crippen LogP) is 5.11. The number of hydrogen-bond acceptors (Lipinski definition) is 5. The van der Waals surface area contributed by atoms with Gasteiger partial charge in [0, 0.05) is 18.7 Å². The lowest BCUT2D eigenvalue weighted by Gasteiger charge is -2.07. The summed E-state index contributed by atoms with van der Waals surface area (Å²) in [7, 11) is 3.32. The second-order valence-corrected chi connectivity index (χ2v) is 7.02. The van der Waals surface area contributed by atoms with Gasteiger partial charge in [0.05, 0.1) is 17.7 Å². The van der Waals surface area contributed by atoms with E-state index < -0.39 is 0 Å². The van der Waals surface area contributed by atoms with E-state index in [9.17, 15) is 4.79 Å². The number of thioether (sulfide) groups is 1. The zero-order valence-corrected chi connectivity index (χ0v) is 17.2. The van der Waals surface area contributed by atoms with E-state index in [2.05, 4.69) is 10.9 Å². The lowest BCUT2D eigenvalue weighted by molar-refractivity contribution is -0.121. The number of amidine groups is 1. The first-order chi connectivity index (χ1) is 14.0. The molecule has 0 spiro atoms. The highest BCUT2D eigenvalue weighted by Gasteiger charge is 2.30. The molecule has 0 bridgehead atoms. The summed E-state index contributed by atoms with van der Waals surface area (Å²) in [6, 6.07) is 11.0. The van der Waals surface area contributed by atoms with Crippen LogP contribution in [-0.2, 0) is 4.79 Å². The summed E-state index contributed by atoms with van der Waals surface area (Å²) in [6.07, 6.45) is 12.3. The monoisotopic (exact) mass is 404 g/mol. The fourth-order valence-electron chi connectivity index (χ4n) is 2.59. The van der Waals surface area contributed by atoms with Crippen LogP contribution in [0.5, 0.6) is 5.75 Å². The van der Waals surface area contributed by atoms with E-state index in [1.807, 2.05) is 49.4 Å². The van der Waals surface area contributed by atoms with Crippen LogP contribution >= 0.6 is 11.8 Å². The predicted molar refractivity (Wildman–Crippen MR) is 119 cm³/mol. The lowest BCUT2D eigenvalue weighted by atomic mass is 10.2. The van der Waals surface area contributed by atoms with Gasteiger partial charge in [-0.1, -0.05) is 12.0 Å². The Kier molecular flexibility index (Phi) is 6.43. The Hall–Kier alpha value is -3.43. The largest absolute Gasteiger partial charge is 0.497 e. The standard InChI is InChI=1S/C23H20N2O3S/c1-5-7-8-16(6-2)20-14-13-19(28-20)15-21-22(26)25(3)23(29-21)24-17-9-11-18(27-4)12-10-17/h1,6-15H,2-4H3. The van der Waals surface area contributed by atoms with Gasteiger partial charge in [-0.05, 0) is 67.2 Å². The zero-order chi connectivity index (χ0) is 20.8. The average Bonchev–Trinajstić information content (AvgIpc) is 3.30. The summed E-state index contributed by atoms with van der Waals surface area (Å²) in [6.45, 7) is 1.91. The number of terminal acetylenes is 1. The molecular formula is C23H20N2O3S. The van der Waals surface area contributed by atoms with Gasteiger partial charge in [-0.15, -0.1) is 6.42 Å². The van der Waals surface area contributed by atoms with Gasteiger partial charge in [-0.2, -0.15) is 0 Å². The van der Waals surface area contributed by atoms with Crippen molar-refractivity contribution >= 4 is 40.2 Å². The molecule has 1 aliphatic heterocycles. The Morgan fingerprint density at radius 1 is 1.28 bits per heavy atom. The average molecular weight is 404 g/mol. The maximum Gasteiger partial charge on any atom is 0.266 e. The molecule has 146 valence electrons. The normalized spacial score (nSPS) is 17.5.